The fraction of sp³-hybridized carbons (Fsp3) is 0.667. The highest BCUT2D eigenvalue weighted by Gasteiger charge is 2.19. The summed E-state index contributed by atoms with van der Waals surface area (Å²) in [5, 5.41) is 5.46. The summed E-state index contributed by atoms with van der Waals surface area (Å²) in [5.41, 5.74) is 0. The van der Waals surface area contributed by atoms with Gasteiger partial charge in [-0.3, -0.25) is 4.90 Å². The largest absolute Gasteiger partial charge is 0.319 e. The molecule has 92 valence electrons. The van der Waals surface area contributed by atoms with Crippen LogP contribution in [0.4, 0.5) is 0 Å². The number of nitrogens with one attached hydrogen (secondary N) is 1. The Morgan fingerprint density at radius 1 is 1.56 bits per heavy atom. The minimum atomic E-state index is 0. The molecule has 1 aliphatic rings. The summed E-state index contributed by atoms with van der Waals surface area (Å²) in [6.45, 7) is 4.86. The smallest absolute Gasteiger partial charge is 0.0328 e. The maximum absolute atomic E-state index is 3.29. The first-order chi connectivity index (χ1) is 7.38. The van der Waals surface area contributed by atoms with Crippen molar-refractivity contribution in [3.63, 3.8) is 0 Å². The summed E-state index contributed by atoms with van der Waals surface area (Å²) in [6.07, 6.45) is 2.75. The van der Waals surface area contributed by atoms with Crippen LogP contribution in [-0.4, -0.2) is 31.6 Å². The van der Waals surface area contributed by atoms with Crippen LogP contribution in [0.2, 0.25) is 0 Å². The first kappa shape index (κ1) is 14.0. The van der Waals surface area contributed by atoms with Gasteiger partial charge < -0.3 is 5.32 Å². The normalized spacial score (nSPS) is 21.7. The van der Waals surface area contributed by atoms with Crippen LogP contribution in [0.5, 0.6) is 0 Å². The second-order valence-electron chi connectivity index (χ2n) is 4.38. The molecule has 0 radical (unpaired) electrons. The third-order valence-corrected chi connectivity index (χ3v) is 3.92. The second-order valence-corrected chi connectivity index (χ2v) is 5.41. The van der Waals surface area contributed by atoms with Gasteiger partial charge in [-0.1, -0.05) is 6.07 Å². The van der Waals surface area contributed by atoms with Gasteiger partial charge in [-0.05, 0) is 50.3 Å². The molecular weight excluding hydrogens is 240 g/mol. The molecule has 16 heavy (non-hydrogen) atoms. The standard InChI is InChI=1S/C12H20N2S.ClH/c1-13-8-11-4-2-6-14(9-11)10-12-5-3-7-15-12;/h3,5,7,11,13H,2,4,6,8-10H2,1H3;1H. The summed E-state index contributed by atoms with van der Waals surface area (Å²) in [4.78, 5) is 4.09. The van der Waals surface area contributed by atoms with Crippen LogP contribution >= 0.6 is 23.7 Å². The van der Waals surface area contributed by atoms with Gasteiger partial charge in [0.05, 0.1) is 0 Å². The van der Waals surface area contributed by atoms with E-state index >= 15 is 0 Å². The van der Waals surface area contributed by atoms with E-state index in [1.54, 1.807) is 0 Å². The quantitative estimate of drug-likeness (QED) is 0.895. The predicted molar refractivity (Wildman–Crippen MR) is 73.5 cm³/mol. The van der Waals surface area contributed by atoms with Gasteiger partial charge in [-0.15, -0.1) is 23.7 Å². The van der Waals surface area contributed by atoms with E-state index in [2.05, 4.69) is 34.8 Å². The fourth-order valence-electron chi connectivity index (χ4n) is 2.37. The minimum absolute atomic E-state index is 0. The molecule has 0 amide bonds. The Balaban J connectivity index is 0.00000128. The van der Waals surface area contributed by atoms with Crippen molar-refractivity contribution in [1.82, 2.24) is 10.2 Å². The van der Waals surface area contributed by atoms with Gasteiger partial charge in [0.25, 0.3) is 0 Å². The van der Waals surface area contributed by atoms with E-state index in [-0.39, 0.29) is 12.4 Å². The van der Waals surface area contributed by atoms with Gasteiger partial charge in [0.1, 0.15) is 0 Å². The fourth-order valence-corrected chi connectivity index (χ4v) is 3.12. The van der Waals surface area contributed by atoms with Gasteiger partial charge in [0.2, 0.25) is 0 Å². The highest BCUT2D eigenvalue weighted by molar-refractivity contribution is 7.09. The Labute approximate surface area is 108 Å². The Hall–Kier alpha value is -0.0900. The highest BCUT2D eigenvalue weighted by Crippen LogP contribution is 2.19. The van der Waals surface area contributed by atoms with Crippen molar-refractivity contribution < 1.29 is 0 Å². The van der Waals surface area contributed by atoms with Gasteiger partial charge >= 0.3 is 0 Å². The van der Waals surface area contributed by atoms with Crippen molar-refractivity contribution >= 4 is 23.7 Å². The van der Waals surface area contributed by atoms with Crippen molar-refractivity contribution in [3.8, 4) is 0 Å². The van der Waals surface area contributed by atoms with Crippen LogP contribution in [0, 0.1) is 5.92 Å². The van der Waals surface area contributed by atoms with Gasteiger partial charge in [-0.25, -0.2) is 0 Å². The van der Waals surface area contributed by atoms with Crippen LogP contribution in [0.25, 0.3) is 0 Å². The van der Waals surface area contributed by atoms with Crippen molar-refractivity contribution in [1.29, 1.82) is 0 Å². The van der Waals surface area contributed by atoms with Gasteiger partial charge in [0.15, 0.2) is 0 Å². The van der Waals surface area contributed by atoms with Gasteiger partial charge in [0, 0.05) is 18.0 Å². The van der Waals surface area contributed by atoms with Crippen LogP contribution in [-0.2, 0) is 6.54 Å². The summed E-state index contributed by atoms with van der Waals surface area (Å²) >= 11 is 1.87. The van der Waals surface area contributed by atoms with Crippen LogP contribution in [0.3, 0.4) is 0 Å². The Morgan fingerprint density at radius 2 is 2.44 bits per heavy atom. The molecule has 1 N–H and O–H groups in total. The molecule has 0 saturated carbocycles. The van der Waals surface area contributed by atoms with E-state index in [0.717, 1.165) is 12.5 Å². The molecule has 1 fully saturated rings. The molecular formula is C12H21ClN2S. The maximum atomic E-state index is 3.29. The number of hydrogen-bond acceptors (Lipinski definition) is 3. The van der Waals surface area contributed by atoms with E-state index in [1.807, 2.05) is 11.3 Å². The first-order valence-corrected chi connectivity index (χ1v) is 6.66. The molecule has 4 heteroatoms. The molecule has 0 bridgehead atoms. The molecule has 1 aromatic rings. The zero-order valence-electron chi connectivity index (χ0n) is 9.82. The summed E-state index contributed by atoms with van der Waals surface area (Å²) in [6, 6.07) is 4.39. The molecule has 0 aromatic carbocycles. The number of piperidine rings is 1. The Kier molecular flexibility index (Phi) is 6.36. The predicted octanol–water partition coefficient (Wildman–Crippen LogP) is 2.60. The molecule has 2 heterocycles. The monoisotopic (exact) mass is 260 g/mol. The topological polar surface area (TPSA) is 15.3 Å². The molecule has 1 aliphatic heterocycles. The van der Waals surface area contributed by atoms with E-state index in [9.17, 15) is 0 Å². The molecule has 2 rings (SSSR count). The highest BCUT2D eigenvalue weighted by atomic mass is 35.5. The summed E-state index contributed by atoms with van der Waals surface area (Å²) < 4.78 is 0. The molecule has 0 aliphatic carbocycles. The average Bonchev–Trinajstić information content (AvgIpc) is 2.71. The van der Waals surface area contributed by atoms with Crippen LogP contribution in [0.15, 0.2) is 17.5 Å². The Bertz CT molecular complexity index is 275. The van der Waals surface area contributed by atoms with E-state index in [1.165, 1.54) is 37.4 Å². The third kappa shape index (κ3) is 4.06. The Morgan fingerprint density at radius 3 is 3.12 bits per heavy atom. The average molecular weight is 261 g/mol. The SMILES string of the molecule is CNCC1CCCN(Cc2cccs2)C1.Cl. The van der Waals surface area contributed by atoms with Crippen molar-refractivity contribution in [2.24, 2.45) is 5.92 Å². The molecule has 1 saturated heterocycles. The van der Waals surface area contributed by atoms with Gasteiger partial charge in [-0.2, -0.15) is 0 Å². The lowest BCUT2D eigenvalue weighted by molar-refractivity contribution is 0.168. The molecule has 0 spiro atoms. The maximum Gasteiger partial charge on any atom is 0.0328 e. The lowest BCUT2D eigenvalue weighted by Gasteiger charge is -2.32. The van der Waals surface area contributed by atoms with Crippen LogP contribution < -0.4 is 5.32 Å². The molecule has 1 atom stereocenters. The summed E-state index contributed by atoms with van der Waals surface area (Å²) in [5.74, 6) is 0.851. The number of halogens is 1. The number of rotatable bonds is 4. The second kappa shape index (κ2) is 7.28. The molecule has 2 nitrogen and oxygen atoms in total. The van der Waals surface area contributed by atoms with E-state index < -0.39 is 0 Å². The number of thiophene rings is 1. The molecule has 1 unspecified atom stereocenters. The number of likely N-dealkylation sites (tertiary alicyclic amines) is 1. The third-order valence-electron chi connectivity index (χ3n) is 3.06. The lowest BCUT2D eigenvalue weighted by Crippen LogP contribution is -2.38. The van der Waals surface area contributed by atoms with E-state index in [0.29, 0.717) is 0 Å². The van der Waals surface area contributed by atoms with Crippen molar-refractivity contribution in [2.75, 3.05) is 26.7 Å². The van der Waals surface area contributed by atoms with Crippen LogP contribution in [0.1, 0.15) is 17.7 Å². The number of hydrogen-bond donors (Lipinski definition) is 1. The summed E-state index contributed by atoms with van der Waals surface area (Å²) in [7, 11) is 2.05. The molecule has 1 aromatic heterocycles. The zero-order valence-corrected chi connectivity index (χ0v) is 11.4. The minimum Gasteiger partial charge on any atom is -0.319 e. The van der Waals surface area contributed by atoms with Crippen molar-refractivity contribution in [3.05, 3.63) is 22.4 Å². The number of nitrogens with zero attached hydrogens (tertiary/aromatic N) is 1. The zero-order chi connectivity index (χ0) is 10.5. The lowest BCUT2D eigenvalue weighted by atomic mass is 9.98. The van der Waals surface area contributed by atoms with E-state index in [4.69, 9.17) is 0 Å². The first-order valence-electron chi connectivity index (χ1n) is 5.78. The van der Waals surface area contributed by atoms with Crippen molar-refractivity contribution in [2.45, 2.75) is 19.4 Å².